The first-order valence-electron chi connectivity index (χ1n) is 8.91. The van der Waals surface area contributed by atoms with E-state index in [4.69, 9.17) is 10.00 Å². The fourth-order valence-corrected chi connectivity index (χ4v) is 3.31. The highest BCUT2D eigenvalue weighted by Gasteiger charge is 2.47. The molecule has 1 aliphatic carbocycles. The average molecular weight is 381 g/mol. The Morgan fingerprint density at radius 2 is 1.75 bits per heavy atom. The van der Waals surface area contributed by atoms with E-state index < -0.39 is 36.4 Å². The fraction of sp³-hybridized carbons (Fsp3) is 0.350. The third-order valence-electron chi connectivity index (χ3n) is 4.85. The molecule has 3 atom stereocenters. The van der Waals surface area contributed by atoms with E-state index >= 15 is 0 Å². The summed E-state index contributed by atoms with van der Waals surface area (Å²) in [7, 11) is 0. The molecule has 0 saturated carbocycles. The highest BCUT2D eigenvalue weighted by atomic mass is 16.5. The maximum Gasteiger partial charge on any atom is 0.326 e. The lowest BCUT2D eigenvalue weighted by molar-refractivity contribution is -0.158. The third-order valence-corrected chi connectivity index (χ3v) is 4.85. The molecule has 3 amide bonds. The summed E-state index contributed by atoms with van der Waals surface area (Å²) < 4.78 is 5.08. The van der Waals surface area contributed by atoms with Crippen molar-refractivity contribution in [2.45, 2.75) is 25.9 Å². The number of benzene rings is 1. The first-order chi connectivity index (χ1) is 13.4. The second-order valence-corrected chi connectivity index (χ2v) is 6.73. The van der Waals surface area contributed by atoms with Gasteiger partial charge in [0.05, 0.1) is 23.5 Å². The number of anilines is 1. The topological polar surface area (TPSA) is 117 Å². The monoisotopic (exact) mass is 381 g/mol. The largest absolute Gasteiger partial charge is 0.451 e. The number of nitrogens with one attached hydrogen (secondary N) is 1. The number of fused-ring (bicyclic) bond motifs is 1. The molecule has 1 N–H and O–H groups in total. The number of imide groups is 1. The quantitative estimate of drug-likeness (QED) is 0.468. The number of esters is 1. The zero-order chi connectivity index (χ0) is 20.3. The minimum Gasteiger partial charge on any atom is -0.451 e. The summed E-state index contributed by atoms with van der Waals surface area (Å²) in [6.07, 6.45) is 3.60. The molecule has 3 rings (SSSR count). The Balaban J connectivity index is 1.54. The summed E-state index contributed by atoms with van der Waals surface area (Å²) in [5.41, 5.74) is 0.904. The van der Waals surface area contributed by atoms with Crippen LogP contribution in [-0.2, 0) is 23.9 Å². The van der Waals surface area contributed by atoms with Crippen molar-refractivity contribution >= 4 is 29.4 Å². The molecule has 8 nitrogen and oxygen atoms in total. The van der Waals surface area contributed by atoms with E-state index in [2.05, 4.69) is 5.32 Å². The minimum absolute atomic E-state index is 0.369. The number of ether oxygens (including phenoxy) is 1. The van der Waals surface area contributed by atoms with Crippen LogP contribution in [-0.4, -0.2) is 41.2 Å². The molecular formula is C20H19N3O5. The van der Waals surface area contributed by atoms with Crippen molar-refractivity contribution in [1.29, 1.82) is 5.26 Å². The van der Waals surface area contributed by atoms with Crippen molar-refractivity contribution in [2.24, 2.45) is 11.8 Å². The van der Waals surface area contributed by atoms with Crippen LogP contribution in [0.1, 0.15) is 25.3 Å². The van der Waals surface area contributed by atoms with Crippen LogP contribution in [0.25, 0.3) is 0 Å². The van der Waals surface area contributed by atoms with Gasteiger partial charge in [-0.3, -0.25) is 24.1 Å². The smallest absolute Gasteiger partial charge is 0.326 e. The lowest BCUT2D eigenvalue weighted by atomic mass is 9.85. The average Bonchev–Trinajstić information content (AvgIpc) is 2.93. The summed E-state index contributed by atoms with van der Waals surface area (Å²) in [5.74, 6) is -2.95. The van der Waals surface area contributed by atoms with Gasteiger partial charge in [0, 0.05) is 5.69 Å². The lowest BCUT2D eigenvalue weighted by Crippen LogP contribution is -2.39. The van der Waals surface area contributed by atoms with E-state index in [1.807, 2.05) is 18.2 Å². The SMILES string of the molecule is C[C@@H](OC(=O)CN1C(=O)[C@H]2CC=CC[C@@H]2C1=O)C(=O)Nc1ccc(C#N)cc1. The molecule has 2 aliphatic rings. The molecule has 8 heteroatoms. The molecule has 0 unspecified atom stereocenters. The van der Waals surface area contributed by atoms with Gasteiger partial charge in [0.15, 0.2) is 6.10 Å². The van der Waals surface area contributed by atoms with Crippen molar-refractivity contribution in [1.82, 2.24) is 4.90 Å². The summed E-state index contributed by atoms with van der Waals surface area (Å²) in [5, 5.41) is 11.3. The van der Waals surface area contributed by atoms with Gasteiger partial charge in [-0.25, -0.2) is 0 Å². The number of allylic oxidation sites excluding steroid dienone is 2. The van der Waals surface area contributed by atoms with Crippen LogP contribution in [0.3, 0.4) is 0 Å². The van der Waals surface area contributed by atoms with Crippen molar-refractivity contribution < 1.29 is 23.9 Å². The summed E-state index contributed by atoms with van der Waals surface area (Å²) in [4.78, 5) is 50.0. The molecule has 0 aromatic heterocycles. The predicted octanol–water partition coefficient (Wildman–Crippen LogP) is 1.38. The fourth-order valence-electron chi connectivity index (χ4n) is 3.31. The van der Waals surface area contributed by atoms with E-state index in [1.165, 1.54) is 6.92 Å². The number of carbonyl (C=O) groups excluding carboxylic acids is 4. The molecule has 28 heavy (non-hydrogen) atoms. The molecule has 144 valence electrons. The predicted molar refractivity (Wildman–Crippen MR) is 97.4 cm³/mol. The molecule has 1 saturated heterocycles. The Bertz CT molecular complexity index is 858. The highest BCUT2D eigenvalue weighted by molar-refractivity contribution is 6.07. The number of nitrogens with zero attached hydrogens (tertiary/aromatic N) is 2. The normalized spacial score (nSPS) is 21.6. The summed E-state index contributed by atoms with van der Waals surface area (Å²) in [6.45, 7) is 0.896. The van der Waals surface area contributed by atoms with Gasteiger partial charge in [-0.05, 0) is 44.0 Å². The van der Waals surface area contributed by atoms with E-state index in [-0.39, 0.29) is 11.8 Å². The second kappa shape index (κ2) is 8.05. The van der Waals surface area contributed by atoms with Gasteiger partial charge in [0.1, 0.15) is 6.54 Å². The molecule has 0 spiro atoms. The second-order valence-electron chi connectivity index (χ2n) is 6.73. The first kappa shape index (κ1) is 19.3. The van der Waals surface area contributed by atoms with Crippen LogP contribution in [0.5, 0.6) is 0 Å². The molecule has 1 heterocycles. The van der Waals surface area contributed by atoms with E-state index in [1.54, 1.807) is 24.3 Å². The Morgan fingerprint density at radius 3 is 2.29 bits per heavy atom. The molecule has 0 bridgehead atoms. The van der Waals surface area contributed by atoms with E-state index in [0.717, 1.165) is 4.90 Å². The lowest BCUT2D eigenvalue weighted by Gasteiger charge is -2.17. The first-order valence-corrected chi connectivity index (χ1v) is 8.91. The molecule has 1 fully saturated rings. The van der Waals surface area contributed by atoms with Crippen LogP contribution in [0.15, 0.2) is 36.4 Å². The van der Waals surface area contributed by atoms with Gasteiger partial charge >= 0.3 is 5.97 Å². The molecule has 1 aliphatic heterocycles. The molecular weight excluding hydrogens is 362 g/mol. The van der Waals surface area contributed by atoms with Gasteiger partial charge in [-0.1, -0.05) is 12.2 Å². The zero-order valence-corrected chi connectivity index (χ0v) is 15.3. The number of rotatable bonds is 5. The maximum atomic E-state index is 12.4. The van der Waals surface area contributed by atoms with Crippen LogP contribution >= 0.6 is 0 Å². The summed E-state index contributed by atoms with van der Waals surface area (Å²) in [6, 6.07) is 8.18. The number of hydrogen-bond donors (Lipinski definition) is 1. The van der Waals surface area contributed by atoms with Crippen molar-refractivity contribution in [3.63, 3.8) is 0 Å². The van der Waals surface area contributed by atoms with E-state index in [0.29, 0.717) is 24.1 Å². The Hall–Kier alpha value is -3.47. The van der Waals surface area contributed by atoms with Gasteiger partial charge in [-0.15, -0.1) is 0 Å². The Labute approximate surface area is 161 Å². The van der Waals surface area contributed by atoms with Gasteiger partial charge in [0.2, 0.25) is 11.8 Å². The summed E-state index contributed by atoms with van der Waals surface area (Å²) >= 11 is 0. The Kier molecular flexibility index (Phi) is 5.54. The van der Waals surface area contributed by atoms with Crippen LogP contribution < -0.4 is 5.32 Å². The van der Waals surface area contributed by atoms with Crippen molar-refractivity contribution in [3.8, 4) is 6.07 Å². The maximum absolute atomic E-state index is 12.4. The number of hydrogen-bond acceptors (Lipinski definition) is 6. The van der Waals surface area contributed by atoms with E-state index in [9.17, 15) is 19.2 Å². The minimum atomic E-state index is -1.11. The Morgan fingerprint density at radius 1 is 1.18 bits per heavy atom. The van der Waals surface area contributed by atoms with Gasteiger partial charge < -0.3 is 10.1 Å². The zero-order valence-electron chi connectivity index (χ0n) is 15.3. The molecule has 0 radical (unpaired) electrons. The number of amides is 3. The molecule has 1 aromatic rings. The van der Waals surface area contributed by atoms with Crippen molar-refractivity contribution in [3.05, 3.63) is 42.0 Å². The van der Waals surface area contributed by atoms with Gasteiger partial charge in [0.25, 0.3) is 5.91 Å². The number of likely N-dealkylation sites (tertiary alicyclic amines) is 1. The van der Waals surface area contributed by atoms with Gasteiger partial charge in [-0.2, -0.15) is 5.26 Å². The van der Waals surface area contributed by atoms with Crippen LogP contribution in [0.4, 0.5) is 5.69 Å². The van der Waals surface area contributed by atoms with Crippen LogP contribution in [0.2, 0.25) is 0 Å². The third kappa shape index (κ3) is 3.93. The molecule has 1 aromatic carbocycles. The highest BCUT2D eigenvalue weighted by Crippen LogP contribution is 2.34. The number of nitriles is 1. The number of carbonyl (C=O) groups is 4. The van der Waals surface area contributed by atoms with Crippen molar-refractivity contribution in [2.75, 3.05) is 11.9 Å². The standard InChI is InChI=1S/C20H19N3O5/c1-12(18(25)22-14-8-6-13(10-21)7-9-14)28-17(24)11-23-19(26)15-4-2-3-5-16(15)20(23)27/h2-3,6-9,12,15-16H,4-5,11H2,1H3,(H,22,25)/t12-,15+,16+/m1/s1. The van der Waals surface area contributed by atoms with Crippen LogP contribution in [0, 0.1) is 23.2 Å².